The van der Waals surface area contributed by atoms with E-state index in [1.165, 1.54) is 4.90 Å². The average Bonchev–Trinajstić information content (AvgIpc) is 3.53. The number of fused-ring (bicyclic) bond motifs is 1. The summed E-state index contributed by atoms with van der Waals surface area (Å²) >= 11 is 0. The molecular weight excluding hydrogens is 382 g/mol. The highest BCUT2D eigenvalue weighted by Gasteiger charge is 2.48. The number of likely N-dealkylation sites (N-methyl/N-ethyl adjacent to an activating group) is 1. The van der Waals surface area contributed by atoms with Crippen LogP contribution in [0.2, 0.25) is 0 Å². The van der Waals surface area contributed by atoms with Crippen molar-refractivity contribution in [3.05, 3.63) is 41.5 Å². The molecule has 0 bridgehead atoms. The summed E-state index contributed by atoms with van der Waals surface area (Å²) in [6.07, 6.45) is 4.44. The van der Waals surface area contributed by atoms with E-state index in [2.05, 4.69) is 28.9 Å². The van der Waals surface area contributed by atoms with Gasteiger partial charge in [0.15, 0.2) is 0 Å². The first kappa shape index (κ1) is 20.5. The van der Waals surface area contributed by atoms with E-state index in [1.54, 1.807) is 18.3 Å². The minimum atomic E-state index is -0.669. The minimum absolute atomic E-state index is 0.216. The van der Waals surface area contributed by atoms with E-state index in [9.17, 15) is 9.59 Å². The maximum Gasteiger partial charge on any atom is 0.270 e. The number of hydrogen-bond donors (Lipinski definition) is 1. The summed E-state index contributed by atoms with van der Waals surface area (Å²) in [5.41, 5.74) is 2.90. The van der Waals surface area contributed by atoms with Gasteiger partial charge in [0.2, 0.25) is 0 Å². The first-order valence-electron chi connectivity index (χ1n) is 10.4. The first-order chi connectivity index (χ1) is 14.2. The van der Waals surface area contributed by atoms with Gasteiger partial charge in [-0.25, -0.2) is 5.01 Å². The molecule has 0 aromatic carbocycles. The van der Waals surface area contributed by atoms with Gasteiger partial charge in [0.1, 0.15) is 17.6 Å². The second-order valence-corrected chi connectivity index (χ2v) is 8.70. The van der Waals surface area contributed by atoms with Crippen LogP contribution in [0, 0.1) is 5.92 Å². The number of nitrogens with zero attached hydrogens (tertiary/aromatic N) is 4. The molecule has 0 radical (unpaired) electrons. The van der Waals surface area contributed by atoms with Crippen LogP contribution in [0.25, 0.3) is 0 Å². The van der Waals surface area contributed by atoms with Gasteiger partial charge in [0.05, 0.1) is 12.2 Å². The summed E-state index contributed by atoms with van der Waals surface area (Å²) in [4.78, 5) is 31.6. The van der Waals surface area contributed by atoms with Crippen molar-refractivity contribution in [1.82, 2.24) is 20.2 Å². The van der Waals surface area contributed by atoms with Gasteiger partial charge in [-0.1, -0.05) is 6.58 Å². The molecule has 1 N–H and O–H groups in total. The molecule has 1 saturated heterocycles. The maximum atomic E-state index is 13.0. The molecule has 1 unspecified atom stereocenters. The molecule has 30 heavy (non-hydrogen) atoms. The van der Waals surface area contributed by atoms with Crippen LogP contribution in [0.1, 0.15) is 61.6 Å². The Hall–Kier alpha value is -2.74. The van der Waals surface area contributed by atoms with Crippen molar-refractivity contribution in [2.24, 2.45) is 11.0 Å². The van der Waals surface area contributed by atoms with Crippen molar-refractivity contribution < 1.29 is 14.3 Å². The molecule has 3 aliphatic rings. The zero-order chi connectivity index (χ0) is 21.6. The molecule has 0 spiro atoms. The number of carbonyl (C=O) groups excluding carboxylic acids is 2. The van der Waals surface area contributed by atoms with Gasteiger partial charge < -0.3 is 10.1 Å². The molecule has 8 nitrogen and oxygen atoms in total. The van der Waals surface area contributed by atoms with Crippen molar-refractivity contribution in [1.29, 1.82) is 0 Å². The molecule has 160 valence electrons. The van der Waals surface area contributed by atoms with Crippen molar-refractivity contribution in [2.75, 3.05) is 13.6 Å². The lowest BCUT2D eigenvalue weighted by atomic mass is 9.90. The third-order valence-electron chi connectivity index (χ3n) is 6.21. The summed E-state index contributed by atoms with van der Waals surface area (Å²) in [5.74, 6) is 0.413. The smallest absolute Gasteiger partial charge is 0.270 e. The lowest BCUT2D eigenvalue weighted by molar-refractivity contribution is -0.130. The highest BCUT2D eigenvalue weighted by atomic mass is 16.5. The Bertz CT molecular complexity index is 935. The summed E-state index contributed by atoms with van der Waals surface area (Å²) in [6.45, 7) is 10.9. The van der Waals surface area contributed by atoms with Gasteiger partial charge in [-0.05, 0) is 57.6 Å². The van der Waals surface area contributed by atoms with Crippen molar-refractivity contribution in [3.8, 4) is 0 Å². The zero-order valence-electron chi connectivity index (χ0n) is 18.1. The molecule has 4 rings (SSSR count). The predicted molar refractivity (Wildman–Crippen MR) is 112 cm³/mol. The van der Waals surface area contributed by atoms with Crippen LogP contribution >= 0.6 is 0 Å². The molecule has 1 aromatic rings. The molecule has 1 aromatic heterocycles. The van der Waals surface area contributed by atoms with Crippen LogP contribution in [0.5, 0.6) is 0 Å². The number of amides is 2. The Labute approximate surface area is 177 Å². The van der Waals surface area contributed by atoms with E-state index in [0.717, 1.165) is 29.7 Å². The summed E-state index contributed by atoms with van der Waals surface area (Å²) in [5, 5.41) is 8.99. The Kier molecular flexibility index (Phi) is 5.13. The van der Waals surface area contributed by atoms with Gasteiger partial charge >= 0.3 is 0 Å². The van der Waals surface area contributed by atoms with E-state index in [0.29, 0.717) is 37.0 Å². The fourth-order valence-electron chi connectivity index (χ4n) is 4.22. The summed E-state index contributed by atoms with van der Waals surface area (Å²) < 4.78 is 6.06. The average molecular weight is 412 g/mol. The van der Waals surface area contributed by atoms with Crippen LogP contribution in [0.3, 0.4) is 0 Å². The van der Waals surface area contributed by atoms with E-state index in [4.69, 9.17) is 4.74 Å². The number of aromatic nitrogens is 1. The van der Waals surface area contributed by atoms with Crippen molar-refractivity contribution in [2.45, 2.75) is 58.3 Å². The maximum absolute atomic E-state index is 13.0. The molecule has 2 fully saturated rings. The van der Waals surface area contributed by atoms with Crippen LogP contribution in [0.15, 0.2) is 29.8 Å². The standard InChI is InChI=1S/C22H29N5O3/c1-13(2)25-27-9-8-18(21(29)26(5)14(27)3)24-20(28)19-10-17-15(11-23-19)12-30-22(17,4)16-6-7-16/h10-11,16,18H,3,6-9,12H2,1-2,4-5H3,(H,24,28)/t18-,22?/m0/s1. The molecule has 1 saturated carbocycles. The Morgan fingerprint density at radius 2 is 2.10 bits per heavy atom. The van der Waals surface area contributed by atoms with Gasteiger partial charge in [-0.3, -0.25) is 19.5 Å². The fourth-order valence-corrected chi connectivity index (χ4v) is 4.22. The Morgan fingerprint density at radius 3 is 2.77 bits per heavy atom. The summed E-state index contributed by atoms with van der Waals surface area (Å²) in [7, 11) is 1.65. The molecule has 2 atom stereocenters. The lowest BCUT2D eigenvalue weighted by Gasteiger charge is -2.25. The van der Waals surface area contributed by atoms with Crippen LogP contribution in [-0.4, -0.2) is 52.1 Å². The predicted octanol–water partition coefficient (Wildman–Crippen LogP) is 2.37. The number of hydrazone groups is 1. The van der Waals surface area contributed by atoms with Gasteiger partial charge in [0.25, 0.3) is 11.8 Å². The van der Waals surface area contributed by atoms with Crippen LogP contribution < -0.4 is 5.32 Å². The van der Waals surface area contributed by atoms with Crippen LogP contribution in [-0.2, 0) is 21.7 Å². The number of ether oxygens (including phenoxy) is 1. The second kappa shape index (κ2) is 7.50. The third-order valence-corrected chi connectivity index (χ3v) is 6.21. The highest BCUT2D eigenvalue weighted by Crippen LogP contribution is 2.52. The SMILES string of the molecule is C=C1N(N=C(C)C)CC[C@H](NC(=O)c2cc3c(cn2)COC3(C)C2CC2)C(=O)N1C. The van der Waals surface area contributed by atoms with Gasteiger partial charge in [-0.2, -0.15) is 5.10 Å². The fraction of sp³-hybridized carbons (Fsp3) is 0.545. The molecule has 2 aliphatic heterocycles. The first-order valence-corrected chi connectivity index (χ1v) is 10.4. The molecule has 3 heterocycles. The topological polar surface area (TPSA) is 87.1 Å². The molecular formula is C22H29N5O3. The molecule has 1 aliphatic carbocycles. The lowest BCUT2D eigenvalue weighted by Crippen LogP contribution is -2.46. The Morgan fingerprint density at radius 1 is 1.37 bits per heavy atom. The number of rotatable bonds is 4. The summed E-state index contributed by atoms with van der Waals surface area (Å²) in [6, 6.07) is 1.16. The van der Waals surface area contributed by atoms with E-state index in [-0.39, 0.29) is 17.4 Å². The molecule has 2 amide bonds. The van der Waals surface area contributed by atoms with Gasteiger partial charge in [-0.15, -0.1) is 0 Å². The largest absolute Gasteiger partial charge is 0.366 e. The normalized spacial score (nSPS) is 26.3. The quantitative estimate of drug-likeness (QED) is 0.769. The number of nitrogens with one attached hydrogen (secondary N) is 1. The number of pyridine rings is 1. The van der Waals surface area contributed by atoms with Crippen molar-refractivity contribution in [3.63, 3.8) is 0 Å². The van der Waals surface area contributed by atoms with Crippen LogP contribution in [0.4, 0.5) is 0 Å². The number of carbonyl (C=O) groups is 2. The van der Waals surface area contributed by atoms with E-state index in [1.807, 2.05) is 19.9 Å². The zero-order valence-corrected chi connectivity index (χ0v) is 18.1. The second-order valence-electron chi connectivity index (χ2n) is 8.70. The molecule has 8 heteroatoms. The highest BCUT2D eigenvalue weighted by molar-refractivity contribution is 5.96. The Balaban J connectivity index is 1.52. The van der Waals surface area contributed by atoms with E-state index < -0.39 is 6.04 Å². The number of hydrogen-bond acceptors (Lipinski definition) is 6. The van der Waals surface area contributed by atoms with Crippen molar-refractivity contribution >= 4 is 17.5 Å². The monoisotopic (exact) mass is 411 g/mol. The van der Waals surface area contributed by atoms with E-state index >= 15 is 0 Å². The third kappa shape index (κ3) is 3.60. The van der Waals surface area contributed by atoms with Gasteiger partial charge in [0, 0.05) is 31.1 Å². The minimum Gasteiger partial charge on any atom is -0.366 e.